The number of hydrogen-bond donors (Lipinski definition) is 1. The minimum absolute atomic E-state index is 0.153. The molecule has 2 aromatic rings. The van der Waals surface area contributed by atoms with Crippen LogP contribution in [0.1, 0.15) is 5.56 Å². The summed E-state index contributed by atoms with van der Waals surface area (Å²) in [5.41, 5.74) is 0.816. The van der Waals surface area contributed by atoms with Gasteiger partial charge in [0.1, 0.15) is 0 Å². The maximum Gasteiger partial charge on any atom is 0.253 e. The summed E-state index contributed by atoms with van der Waals surface area (Å²) in [6.07, 6.45) is 0.228. The molecule has 0 saturated carbocycles. The van der Waals surface area contributed by atoms with Crippen LogP contribution in [0.15, 0.2) is 59.5 Å². The van der Waals surface area contributed by atoms with Gasteiger partial charge >= 0.3 is 0 Å². The number of aryl methyl sites for hydroxylation is 1. The quantitative estimate of drug-likeness (QED) is 0.857. The van der Waals surface area contributed by atoms with Gasteiger partial charge in [-0.25, -0.2) is 16.8 Å². The smallest absolute Gasteiger partial charge is 0.211 e. The van der Waals surface area contributed by atoms with Crippen LogP contribution >= 0.6 is 11.6 Å². The summed E-state index contributed by atoms with van der Waals surface area (Å²) >= 11 is 5.68. The number of hydrogen-bond acceptors (Lipinski definition) is 4. The second-order valence-corrected chi connectivity index (χ2v) is 8.81. The van der Waals surface area contributed by atoms with E-state index in [0.717, 1.165) is 5.56 Å². The van der Waals surface area contributed by atoms with Crippen molar-refractivity contribution in [3.05, 3.63) is 65.2 Å². The molecule has 0 fully saturated rings. The highest BCUT2D eigenvalue weighted by molar-refractivity contribution is 8.04. The molecule has 2 aromatic carbocycles. The predicted octanol–water partition coefficient (Wildman–Crippen LogP) is 2.19. The highest BCUT2D eigenvalue weighted by Crippen LogP contribution is 2.14. The van der Waals surface area contributed by atoms with E-state index in [-0.39, 0.29) is 17.1 Å². The molecule has 0 aromatic heterocycles. The summed E-state index contributed by atoms with van der Waals surface area (Å²) in [6, 6.07) is 14.2. The van der Waals surface area contributed by atoms with Gasteiger partial charge in [-0.3, -0.25) is 0 Å². The molecule has 0 atom stereocenters. The molecule has 1 N–H and O–H groups in total. The van der Waals surface area contributed by atoms with Crippen molar-refractivity contribution in [3.8, 4) is 0 Å². The molecule has 0 aliphatic rings. The molecule has 5 nitrogen and oxygen atoms in total. The zero-order valence-corrected chi connectivity index (χ0v) is 13.8. The Morgan fingerprint density at radius 2 is 1.45 bits per heavy atom. The Kier molecular flexibility index (Phi) is 5.23. The van der Waals surface area contributed by atoms with E-state index < -0.39 is 20.0 Å². The molecule has 0 radical (unpaired) electrons. The summed E-state index contributed by atoms with van der Waals surface area (Å²) < 4.78 is 49.7. The number of rotatable bonds is 6. The number of halogens is 1. The Morgan fingerprint density at radius 3 is 2.05 bits per heavy atom. The molecule has 0 heterocycles. The Bertz CT molecular complexity index is 832. The van der Waals surface area contributed by atoms with Gasteiger partial charge in [-0.1, -0.05) is 41.9 Å². The van der Waals surface area contributed by atoms with Gasteiger partial charge in [0.25, 0.3) is 10.0 Å². The van der Waals surface area contributed by atoms with Crippen LogP contribution in [0.4, 0.5) is 0 Å². The van der Waals surface area contributed by atoms with E-state index in [1.807, 2.05) is 6.07 Å². The SMILES string of the molecule is O=S(=O)(CCc1ccccc1)NS(=O)(=O)c1ccc(Cl)cc1. The predicted molar refractivity (Wildman–Crippen MR) is 85.7 cm³/mol. The van der Waals surface area contributed by atoms with Crippen molar-refractivity contribution in [2.24, 2.45) is 0 Å². The maximum absolute atomic E-state index is 12.0. The van der Waals surface area contributed by atoms with Crippen LogP contribution in [0.2, 0.25) is 5.02 Å². The largest absolute Gasteiger partial charge is 0.253 e. The zero-order valence-electron chi connectivity index (χ0n) is 11.4. The molecule has 0 bridgehead atoms. The Labute approximate surface area is 135 Å². The van der Waals surface area contributed by atoms with Crippen molar-refractivity contribution in [2.75, 3.05) is 5.75 Å². The van der Waals surface area contributed by atoms with Crippen molar-refractivity contribution >= 4 is 31.6 Å². The van der Waals surface area contributed by atoms with E-state index in [1.54, 1.807) is 28.4 Å². The standard InChI is InChI=1S/C14H14ClNO4S2/c15-13-6-8-14(9-7-13)22(19,20)16-21(17,18)11-10-12-4-2-1-3-5-12/h1-9,16H,10-11H2. The highest BCUT2D eigenvalue weighted by Gasteiger charge is 2.22. The van der Waals surface area contributed by atoms with Crippen LogP contribution in [0, 0.1) is 0 Å². The third-order valence-electron chi connectivity index (χ3n) is 2.86. The fraction of sp³-hybridized carbons (Fsp3) is 0.143. The molecular weight excluding hydrogens is 346 g/mol. The van der Waals surface area contributed by atoms with Crippen LogP contribution in [0.3, 0.4) is 0 Å². The third kappa shape index (κ3) is 4.81. The van der Waals surface area contributed by atoms with Crippen LogP contribution in [-0.2, 0) is 26.5 Å². The van der Waals surface area contributed by atoms with E-state index in [1.165, 1.54) is 24.3 Å². The molecule has 0 aliphatic heterocycles. The topological polar surface area (TPSA) is 80.3 Å². The second-order valence-electron chi connectivity index (χ2n) is 4.60. The van der Waals surface area contributed by atoms with Gasteiger partial charge < -0.3 is 0 Å². The molecule has 0 amide bonds. The summed E-state index contributed by atoms with van der Waals surface area (Å²) in [4.78, 5) is -0.153. The van der Waals surface area contributed by atoms with E-state index >= 15 is 0 Å². The molecule has 0 aliphatic carbocycles. The first-order valence-corrected chi connectivity index (χ1v) is 9.86. The van der Waals surface area contributed by atoms with E-state index in [2.05, 4.69) is 0 Å². The van der Waals surface area contributed by atoms with Crippen molar-refractivity contribution in [2.45, 2.75) is 11.3 Å². The van der Waals surface area contributed by atoms with Crippen LogP contribution < -0.4 is 4.13 Å². The first-order chi connectivity index (χ1) is 10.3. The van der Waals surface area contributed by atoms with E-state index in [9.17, 15) is 16.8 Å². The maximum atomic E-state index is 12.0. The fourth-order valence-electron chi connectivity index (χ4n) is 1.77. The van der Waals surface area contributed by atoms with Crippen LogP contribution in [0.5, 0.6) is 0 Å². The lowest BCUT2D eigenvalue weighted by molar-refractivity contribution is 0.576. The molecule has 0 spiro atoms. The summed E-state index contributed by atoms with van der Waals surface area (Å²) in [6.45, 7) is 0. The summed E-state index contributed by atoms with van der Waals surface area (Å²) in [5, 5.41) is 0.367. The van der Waals surface area contributed by atoms with E-state index in [4.69, 9.17) is 11.6 Å². The van der Waals surface area contributed by atoms with Gasteiger partial charge in [0, 0.05) is 5.02 Å². The molecular formula is C14H14ClNO4S2. The van der Waals surface area contributed by atoms with Gasteiger partial charge in [0.05, 0.1) is 10.6 Å². The third-order valence-corrected chi connectivity index (χ3v) is 6.64. The lowest BCUT2D eigenvalue weighted by Gasteiger charge is -2.08. The molecule has 0 saturated heterocycles. The minimum Gasteiger partial charge on any atom is -0.211 e. The van der Waals surface area contributed by atoms with Crippen LogP contribution in [0.25, 0.3) is 0 Å². The summed E-state index contributed by atoms with van der Waals surface area (Å²) in [5.74, 6) is -0.316. The highest BCUT2D eigenvalue weighted by atomic mass is 35.5. The van der Waals surface area contributed by atoms with Gasteiger partial charge in [0.15, 0.2) is 0 Å². The van der Waals surface area contributed by atoms with Crippen molar-refractivity contribution in [3.63, 3.8) is 0 Å². The summed E-state index contributed by atoms with van der Waals surface area (Å²) in [7, 11) is -8.10. The first-order valence-electron chi connectivity index (χ1n) is 6.34. The van der Waals surface area contributed by atoms with Crippen molar-refractivity contribution in [1.82, 2.24) is 4.13 Å². The first kappa shape index (κ1) is 17.0. The van der Waals surface area contributed by atoms with Gasteiger partial charge in [0.2, 0.25) is 10.0 Å². The Hall–Kier alpha value is -1.41. The fourth-order valence-corrected chi connectivity index (χ4v) is 4.95. The molecule has 2 rings (SSSR count). The van der Waals surface area contributed by atoms with Crippen molar-refractivity contribution in [1.29, 1.82) is 0 Å². The number of nitrogens with one attached hydrogen (secondary N) is 1. The molecule has 0 unspecified atom stereocenters. The Morgan fingerprint density at radius 1 is 0.864 bits per heavy atom. The van der Waals surface area contributed by atoms with Crippen molar-refractivity contribution < 1.29 is 16.8 Å². The van der Waals surface area contributed by atoms with Gasteiger partial charge in [-0.05, 0) is 36.2 Å². The van der Waals surface area contributed by atoms with E-state index in [0.29, 0.717) is 5.02 Å². The van der Waals surface area contributed by atoms with Gasteiger partial charge in [-0.15, -0.1) is 4.13 Å². The van der Waals surface area contributed by atoms with Gasteiger partial charge in [-0.2, -0.15) is 0 Å². The molecule has 118 valence electrons. The normalized spacial score (nSPS) is 12.2. The average molecular weight is 360 g/mol. The zero-order chi connectivity index (χ0) is 16.2. The number of benzene rings is 2. The average Bonchev–Trinajstić information content (AvgIpc) is 2.46. The monoisotopic (exact) mass is 359 g/mol. The minimum atomic E-state index is -4.14. The molecule has 8 heteroatoms. The van der Waals surface area contributed by atoms with Crippen LogP contribution in [-0.4, -0.2) is 22.6 Å². The second kappa shape index (κ2) is 6.78. The lowest BCUT2D eigenvalue weighted by atomic mass is 10.2. The molecule has 22 heavy (non-hydrogen) atoms. The lowest BCUT2D eigenvalue weighted by Crippen LogP contribution is -2.33. The number of sulfonamides is 2. The Balaban J connectivity index is 2.09.